The van der Waals surface area contributed by atoms with Gasteiger partial charge in [0, 0.05) is 0 Å². The van der Waals surface area contributed by atoms with Crippen LogP contribution in [0, 0.1) is 0 Å². The Balaban J connectivity index is 2.81. The number of aliphatic hydroxyl groups excluding tert-OH is 1. The zero-order valence-electron chi connectivity index (χ0n) is 9.20. The van der Waals surface area contributed by atoms with Crippen molar-refractivity contribution in [2.75, 3.05) is 0 Å². The van der Waals surface area contributed by atoms with Gasteiger partial charge in [-0.1, -0.05) is 43.3 Å². The molecule has 0 fully saturated rings. The molecule has 1 unspecified atom stereocenters. The Morgan fingerprint density at radius 3 is 2.40 bits per heavy atom. The van der Waals surface area contributed by atoms with Gasteiger partial charge in [0.1, 0.15) is 0 Å². The minimum atomic E-state index is -0.401. The van der Waals surface area contributed by atoms with Gasteiger partial charge in [-0.25, -0.2) is 0 Å². The van der Waals surface area contributed by atoms with Crippen LogP contribution in [0.3, 0.4) is 0 Å². The van der Waals surface area contributed by atoms with Gasteiger partial charge in [0.05, 0.1) is 6.10 Å². The highest BCUT2D eigenvalue weighted by Crippen LogP contribution is 2.27. The Bertz CT molecular complexity index is 466. The van der Waals surface area contributed by atoms with E-state index in [9.17, 15) is 5.11 Å². The molecule has 0 aromatic heterocycles. The molecule has 0 aliphatic heterocycles. The third-order valence-electron chi connectivity index (χ3n) is 2.85. The summed E-state index contributed by atoms with van der Waals surface area (Å²) in [7, 11) is 0. The van der Waals surface area contributed by atoms with E-state index in [2.05, 4.69) is 31.2 Å². The molecule has 0 bridgehead atoms. The van der Waals surface area contributed by atoms with Crippen LogP contribution in [0.1, 0.15) is 31.1 Å². The summed E-state index contributed by atoms with van der Waals surface area (Å²) >= 11 is 0. The fourth-order valence-electron chi connectivity index (χ4n) is 2.09. The maximum absolute atomic E-state index is 9.74. The number of hydrogen-bond acceptors (Lipinski definition) is 1. The predicted molar refractivity (Wildman–Crippen MR) is 64.0 cm³/mol. The molecule has 1 N–H and O–H groups in total. The average Bonchev–Trinajstić information content (AvgIpc) is 2.27. The molecule has 0 radical (unpaired) electrons. The van der Waals surface area contributed by atoms with Crippen molar-refractivity contribution in [1.29, 1.82) is 0 Å². The van der Waals surface area contributed by atoms with Crippen LogP contribution in [-0.2, 0) is 6.42 Å². The Hall–Kier alpha value is -1.34. The Morgan fingerprint density at radius 2 is 1.80 bits per heavy atom. The normalized spacial score (nSPS) is 13.0. The van der Waals surface area contributed by atoms with Gasteiger partial charge in [0.25, 0.3) is 0 Å². The molecule has 0 heterocycles. The molecular weight excluding hydrogens is 184 g/mol. The van der Waals surface area contributed by atoms with E-state index in [1.54, 1.807) is 0 Å². The van der Waals surface area contributed by atoms with Crippen molar-refractivity contribution in [3.63, 3.8) is 0 Å². The predicted octanol–water partition coefficient (Wildman–Crippen LogP) is 3.46. The first kappa shape index (κ1) is 10.2. The Labute approximate surface area is 90.4 Å². The molecule has 1 heteroatoms. The number of aryl methyl sites for hydroxylation is 1. The SMILES string of the molecule is CCc1cccc2cccc(C(C)O)c12. The first-order valence-corrected chi connectivity index (χ1v) is 5.42. The van der Waals surface area contributed by atoms with E-state index in [1.165, 1.54) is 16.3 Å². The first-order chi connectivity index (χ1) is 7.24. The van der Waals surface area contributed by atoms with E-state index in [4.69, 9.17) is 0 Å². The third kappa shape index (κ3) is 1.75. The average molecular weight is 200 g/mol. The van der Waals surface area contributed by atoms with Crippen molar-refractivity contribution < 1.29 is 5.11 Å². The molecule has 2 aromatic carbocycles. The topological polar surface area (TPSA) is 20.2 Å². The molecule has 0 aliphatic rings. The Kier molecular flexibility index (Phi) is 2.74. The van der Waals surface area contributed by atoms with Crippen LogP contribution in [-0.4, -0.2) is 5.11 Å². The third-order valence-corrected chi connectivity index (χ3v) is 2.85. The molecule has 0 saturated carbocycles. The summed E-state index contributed by atoms with van der Waals surface area (Å²) in [6.07, 6.45) is 0.600. The van der Waals surface area contributed by atoms with E-state index in [0.717, 1.165) is 12.0 Å². The molecular formula is C14H16O. The summed E-state index contributed by atoms with van der Waals surface area (Å²) in [6.45, 7) is 3.97. The van der Waals surface area contributed by atoms with Gasteiger partial charge in [-0.15, -0.1) is 0 Å². The zero-order chi connectivity index (χ0) is 10.8. The number of fused-ring (bicyclic) bond motifs is 1. The number of hydrogen-bond donors (Lipinski definition) is 1. The van der Waals surface area contributed by atoms with Gasteiger partial charge in [-0.3, -0.25) is 0 Å². The first-order valence-electron chi connectivity index (χ1n) is 5.42. The van der Waals surface area contributed by atoms with E-state index in [1.807, 2.05) is 19.1 Å². The molecule has 2 rings (SSSR count). The lowest BCUT2D eigenvalue weighted by molar-refractivity contribution is 0.201. The monoisotopic (exact) mass is 200 g/mol. The second-order valence-electron chi connectivity index (χ2n) is 3.89. The summed E-state index contributed by atoms with van der Waals surface area (Å²) in [4.78, 5) is 0. The molecule has 1 nitrogen and oxygen atoms in total. The molecule has 2 aromatic rings. The minimum absolute atomic E-state index is 0.401. The van der Waals surface area contributed by atoms with Crippen LogP contribution in [0.2, 0.25) is 0 Å². The second kappa shape index (κ2) is 4.03. The van der Waals surface area contributed by atoms with Crippen molar-refractivity contribution in [2.45, 2.75) is 26.4 Å². The van der Waals surface area contributed by atoms with Crippen molar-refractivity contribution in [3.05, 3.63) is 47.5 Å². The molecule has 0 saturated heterocycles. The van der Waals surface area contributed by atoms with Crippen LogP contribution in [0.5, 0.6) is 0 Å². The van der Waals surface area contributed by atoms with Crippen LogP contribution < -0.4 is 0 Å². The van der Waals surface area contributed by atoms with Crippen molar-refractivity contribution in [3.8, 4) is 0 Å². The number of aliphatic hydroxyl groups is 1. The highest BCUT2D eigenvalue weighted by molar-refractivity contribution is 5.89. The molecule has 0 aliphatic carbocycles. The summed E-state index contributed by atoms with van der Waals surface area (Å²) in [5, 5.41) is 12.2. The largest absolute Gasteiger partial charge is 0.389 e. The molecule has 15 heavy (non-hydrogen) atoms. The lowest BCUT2D eigenvalue weighted by Gasteiger charge is -2.12. The van der Waals surface area contributed by atoms with Crippen LogP contribution in [0.15, 0.2) is 36.4 Å². The fourth-order valence-corrected chi connectivity index (χ4v) is 2.09. The van der Waals surface area contributed by atoms with E-state index < -0.39 is 6.10 Å². The van der Waals surface area contributed by atoms with Crippen LogP contribution in [0.25, 0.3) is 10.8 Å². The summed E-state index contributed by atoms with van der Waals surface area (Å²) in [5.41, 5.74) is 2.34. The van der Waals surface area contributed by atoms with Gasteiger partial charge < -0.3 is 5.11 Å². The molecule has 78 valence electrons. The van der Waals surface area contributed by atoms with E-state index in [0.29, 0.717) is 0 Å². The van der Waals surface area contributed by atoms with Gasteiger partial charge in [0.15, 0.2) is 0 Å². The minimum Gasteiger partial charge on any atom is -0.389 e. The smallest absolute Gasteiger partial charge is 0.0768 e. The second-order valence-corrected chi connectivity index (χ2v) is 3.89. The van der Waals surface area contributed by atoms with Crippen molar-refractivity contribution in [2.24, 2.45) is 0 Å². The molecule has 0 amide bonds. The van der Waals surface area contributed by atoms with Gasteiger partial charge in [-0.05, 0) is 35.2 Å². The summed E-state index contributed by atoms with van der Waals surface area (Å²) < 4.78 is 0. The van der Waals surface area contributed by atoms with Crippen molar-refractivity contribution >= 4 is 10.8 Å². The standard InChI is InChI=1S/C14H16O/c1-3-11-6-4-7-12-8-5-9-13(10(2)15)14(11)12/h4-10,15H,3H2,1-2H3. The fraction of sp³-hybridized carbons (Fsp3) is 0.286. The lowest BCUT2D eigenvalue weighted by Crippen LogP contribution is -1.95. The lowest BCUT2D eigenvalue weighted by atomic mass is 9.95. The maximum Gasteiger partial charge on any atom is 0.0768 e. The Morgan fingerprint density at radius 1 is 1.13 bits per heavy atom. The highest BCUT2D eigenvalue weighted by Gasteiger charge is 2.08. The summed E-state index contributed by atoms with van der Waals surface area (Å²) in [6, 6.07) is 12.4. The molecule has 1 atom stereocenters. The van der Waals surface area contributed by atoms with Crippen molar-refractivity contribution in [1.82, 2.24) is 0 Å². The highest BCUT2D eigenvalue weighted by atomic mass is 16.3. The quantitative estimate of drug-likeness (QED) is 0.787. The maximum atomic E-state index is 9.74. The summed E-state index contributed by atoms with van der Waals surface area (Å²) in [5.74, 6) is 0. The van der Waals surface area contributed by atoms with Crippen LogP contribution in [0.4, 0.5) is 0 Å². The van der Waals surface area contributed by atoms with Gasteiger partial charge >= 0.3 is 0 Å². The number of benzene rings is 2. The van der Waals surface area contributed by atoms with Crippen LogP contribution >= 0.6 is 0 Å². The zero-order valence-corrected chi connectivity index (χ0v) is 9.20. The van der Waals surface area contributed by atoms with Gasteiger partial charge in [0.2, 0.25) is 0 Å². The number of rotatable bonds is 2. The van der Waals surface area contributed by atoms with E-state index in [-0.39, 0.29) is 0 Å². The molecule has 0 spiro atoms. The van der Waals surface area contributed by atoms with E-state index >= 15 is 0 Å². The van der Waals surface area contributed by atoms with Gasteiger partial charge in [-0.2, -0.15) is 0 Å².